The van der Waals surface area contributed by atoms with Crippen LogP contribution in [0.25, 0.3) is 0 Å². The highest BCUT2D eigenvalue weighted by atomic mass is 16.1. The number of carbonyl (C=O) groups is 1. The second kappa shape index (κ2) is 7.56. The van der Waals surface area contributed by atoms with Crippen LogP contribution in [0.1, 0.15) is 62.9 Å². The van der Waals surface area contributed by atoms with Crippen LogP contribution in [0.2, 0.25) is 0 Å². The second-order valence-electron chi connectivity index (χ2n) is 5.75. The number of carbonyl (C=O) groups excluding carboxylic acids is 1. The van der Waals surface area contributed by atoms with Gasteiger partial charge in [0.25, 0.3) is 0 Å². The van der Waals surface area contributed by atoms with Crippen LogP contribution < -0.4 is 0 Å². The molecule has 0 bridgehead atoms. The van der Waals surface area contributed by atoms with Crippen molar-refractivity contribution in [2.24, 2.45) is 5.41 Å². The second-order valence-corrected chi connectivity index (χ2v) is 5.75. The third-order valence-electron chi connectivity index (χ3n) is 2.68. The quantitative estimate of drug-likeness (QED) is 0.447. The van der Waals surface area contributed by atoms with Gasteiger partial charge in [-0.1, -0.05) is 30.0 Å². The Morgan fingerprint density at radius 3 is 2.55 bits per heavy atom. The molecule has 0 amide bonds. The van der Waals surface area contributed by atoms with E-state index in [2.05, 4.69) is 44.5 Å². The minimum atomic E-state index is -0.0626. The largest absolute Gasteiger partial charge is 0.294 e. The molecule has 0 aliphatic heterocycles. The van der Waals surface area contributed by atoms with Crippen molar-refractivity contribution in [1.82, 2.24) is 0 Å². The number of Topliss-reactive ketones (excluding diaryl/α,β-unsaturated/α-hetero) is 1. The number of unbranched alkanes of at least 4 members (excludes halogenated alkanes) is 1. The van der Waals surface area contributed by atoms with Crippen LogP contribution in [-0.2, 0) is 0 Å². The van der Waals surface area contributed by atoms with Crippen LogP contribution >= 0.6 is 0 Å². The molecule has 0 saturated heterocycles. The van der Waals surface area contributed by atoms with Crippen molar-refractivity contribution in [3.05, 3.63) is 35.4 Å². The lowest BCUT2D eigenvalue weighted by Crippen LogP contribution is -2.03. The molecule has 0 unspecified atom stereocenters. The summed E-state index contributed by atoms with van der Waals surface area (Å²) in [6.07, 6.45) is 2.11. The Balaban J connectivity index is 2.85. The zero-order valence-corrected chi connectivity index (χ0v) is 12.8. The summed E-state index contributed by atoms with van der Waals surface area (Å²) in [6, 6.07) is 7.59. The molecule has 0 fully saturated rings. The van der Waals surface area contributed by atoms with Gasteiger partial charge in [-0.05, 0) is 40.2 Å². The maximum absolute atomic E-state index is 12.2. The number of hydrogen-bond donors (Lipinski definition) is 0. The summed E-state index contributed by atoms with van der Waals surface area (Å²) in [5.41, 5.74) is 1.50. The number of ketones is 1. The topological polar surface area (TPSA) is 17.1 Å². The summed E-state index contributed by atoms with van der Waals surface area (Å²) in [4.78, 5) is 12.2. The molecule has 0 N–H and O–H groups in total. The molecule has 0 saturated carbocycles. The lowest BCUT2D eigenvalue weighted by atomic mass is 9.95. The minimum absolute atomic E-state index is 0.0626. The molecule has 1 heteroatoms. The third-order valence-corrected chi connectivity index (χ3v) is 2.68. The summed E-state index contributed by atoms with van der Waals surface area (Å²) < 4.78 is 0. The molecule has 0 atom stereocenters. The van der Waals surface area contributed by atoms with Gasteiger partial charge >= 0.3 is 0 Å². The van der Waals surface area contributed by atoms with Crippen LogP contribution in [0.5, 0.6) is 0 Å². The van der Waals surface area contributed by atoms with Crippen molar-refractivity contribution in [2.45, 2.75) is 47.0 Å². The molecule has 0 aliphatic carbocycles. The fourth-order valence-corrected chi connectivity index (χ4v) is 1.69. The maximum atomic E-state index is 12.2. The zero-order chi connectivity index (χ0) is 15.0. The zero-order valence-electron chi connectivity index (χ0n) is 12.8. The van der Waals surface area contributed by atoms with Crippen molar-refractivity contribution < 1.29 is 4.79 Å². The van der Waals surface area contributed by atoms with Crippen molar-refractivity contribution in [3.8, 4) is 23.7 Å². The van der Waals surface area contributed by atoms with E-state index in [-0.39, 0.29) is 11.2 Å². The molecule has 1 rings (SSSR count). The van der Waals surface area contributed by atoms with E-state index in [0.29, 0.717) is 6.42 Å². The van der Waals surface area contributed by atoms with Crippen molar-refractivity contribution >= 4 is 5.78 Å². The summed E-state index contributed by atoms with van der Waals surface area (Å²) in [5, 5.41) is 0. The van der Waals surface area contributed by atoms with Gasteiger partial charge in [0, 0.05) is 29.4 Å². The molecule has 104 valence electrons. The SMILES string of the molecule is CC#CCCCC(=O)c1ccccc1C#CC(C)(C)C. The first kappa shape index (κ1) is 16.1. The number of hydrogen-bond acceptors (Lipinski definition) is 1. The highest BCUT2D eigenvalue weighted by molar-refractivity contribution is 5.98. The molecular formula is C19H22O. The van der Waals surface area contributed by atoms with Crippen molar-refractivity contribution in [2.75, 3.05) is 0 Å². The van der Waals surface area contributed by atoms with Crippen molar-refractivity contribution in [1.29, 1.82) is 0 Å². The average Bonchev–Trinajstić information content (AvgIpc) is 2.40. The van der Waals surface area contributed by atoms with Crippen LogP contribution in [-0.4, -0.2) is 5.78 Å². The van der Waals surface area contributed by atoms with Gasteiger partial charge < -0.3 is 0 Å². The standard InChI is InChI=1S/C19H22O/c1-5-6-7-8-13-18(20)17-12-10-9-11-16(17)14-15-19(2,3)4/h9-12H,7-8,13H2,1-4H3. The smallest absolute Gasteiger partial charge is 0.164 e. The van der Waals surface area contributed by atoms with E-state index in [9.17, 15) is 4.79 Å². The fourth-order valence-electron chi connectivity index (χ4n) is 1.69. The number of rotatable bonds is 4. The Hall–Kier alpha value is -1.99. The Bertz CT molecular complexity index is 580. The molecule has 1 aromatic rings. The molecule has 0 heterocycles. The average molecular weight is 266 g/mol. The summed E-state index contributed by atoms with van der Waals surface area (Å²) in [6.45, 7) is 8.01. The normalized spacial score (nSPS) is 10.0. The molecule has 20 heavy (non-hydrogen) atoms. The molecule has 0 spiro atoms. The number of benzene rings is 1. The van der Waals surface area contributed by atoms with E-state index in [4.69, 9.17) is 0 Å². The van der Waals surface area contributed by atoms with Gasteiger partial charge in [-0.2, -0.15) is 0 Å². The van der Waals surface area contributed by atoms with Gasteiger partial charge in [0.1, 0.15) is 0 Å². The molecular weight excluding hydrogens is 244 g/mol. The highest BCUT2D eigenvalue weighted by Crippen LogP contribution is 2.15. The summed E-state index contributed by atoms with van der Waals surface area (Å²) in [5.74, 6) is 12.3. The Morgan fingerprint density at radius 2 is 1.90 bits per heavy atom. The highest BCUT2D eigenvalue weighted by Gasteiger charge is 2.10. The lowest BCUT2D eigenvalue weighted by molar-refractivity contribution is 0.0980. The predicted molar refractivity (Wildman–Crippen MR) is 84.4 cm³/mol. The fraction of sp³-hybridized carbons (Fsp3) is 0.421. The Morgan fingerprint density at radius 1 is 1.20 bits per heavy atom. The third kappa shape index (κ3) is 5.77. The predicted octanol–water partition coefficient (Wildman–Crippen LogP) is 4.46. The molecule has 1 nitrogen and oxygen atoms in total. The summed E-state index contributed by atoms with van der Waals surface area (Å²) >= 11 is 0. The van der Waals surface area contributed by atoms with Gasteiger partial charge in [-0.25, -0.2) is 0 Å². The van der Waals surface area contributed by atoms with Gasteiger partial charge in [-0.3, -0.25) is 4.79 Å². The van der Waals surface area contributed by atoms with Crippen LogP contribution in [0, 0.1) is 29.1 Å². The van der Waals surface area contributed by atoms with Gasteiger partial charge in [0.15, 0.2) is 5.78 Å². The van der Waals surface area contributed by atoms with E-state index >= 15 is 0 Å². The maximum Gasteiger partial charge on any atom is 0.164 e. The monoisotopic (exact) mass is 266 g/mol. The van der Waals surface area contributed by atoms with Gasteiger partial charge in [-0.15, -0.1) is 11.8 Å². The van der Waals surface area contributed by atoms with Gasteiger partial charge in [0.05, 0.1) is 0 Å². The summed E-state index contributed by atoms with van der Waals surface area (Å²) in [7, 11) is 0. The Kier molecular flexibility index (Phi) is 6.08. The van der Waals surface area contributed by atoms with E-state index in [1.165, 1.54) is 0 Å². The molecule has 0 aromatic heterocycles. The Labute approximate surface area is 122 Å². The van der Waals surface area contributed by atoms with E-state index in [0.717, 1.165) is 24.0 Å². The minimum Gasteiger partial charge on any atom is -0.294 e. The molecule has 1 aromatic carbocycles. The first-order valence-corrected chi connectivity index (χ1v) is 6.99. The van der Waals surface area contributed by atoms with Crippen LogP contribution in [0.4, 0.5) is 0 Å². The lowest BCUT2D eigenvalue weighted by Gasteiger charge is -2.08. The van der Waals surface area contributed by atoms with E-state index in [1.54, 1.807) is 0 Å². The first-order chi connectivity index (χ1) is 9.44. The molecule has 0 aliphatic rings. The van der Waals surface area contributed by atoms with Crippen molar-refractivity contribution in [3.63, 3.8) is 0 Å². The van der Waals surface area contributed by atoms with Gasteiger partial charge in [0.2, 0.25) is 0 Å². The van der Waals surface area contributed by atoms with Crippen LogP contribution in [0.15, 0.2) is 24.3 Å². The van der Waals surface area contributed by atoms with E-state index < -0.39 is 0 Å². The van der Waals surface area contributed by atoms with Crippen LogP contribution in [0.3, 0.4) is 0 Å². The first-order valence-electron chi connectivity index (χ1n) is 6.99. The molecule has 0 radical (unpaired) electrons. The van der Waals surface area contributed by atoms with E-state index in [1.807, 2.05) is 31.2 Å².